The van der Waals surface area contributed by atoms with Gasteiger partial charge in [0.2, 0.25) is 0 Å². The Morgan fingerprint density at radius 1 is 1.37 bits per heavy atom. The molecule has 3 N–H and O–H groups in total. The topological polar surface area (TPSA) is 84.7 Å². The Balaban J connectivity index is 1.90. The van der Waals surface area contributed by atoms with E-state index in [1.54, 1.807) is 0 Å². The van der Waals surface area contributed by atoms with E-state index < -0.39 is 12.1 Å². The van der Waals surface area contributed by atoms with Gasteiger partial charge in [0, 0.05) is 6.54 Å². The quantitative estimate of drug-likeness (QED) is 0.479. The summed E-state index contributed by atoms with van der Waals surface area (Å²) in [7, 11) is 0. The van der Waals surface area contributed by atoms with Crippen molar-refractivity contribution in [2.45, 2.75) is 25.5 Å². The van der Waals surface area contributed by atoms with Crippen LogP contribution in [0.15, 0.2) is 30.3 Å². The molecule has 1 heterocycles. The molecular formula is C13H17N3O3. The van der Waals surface area contributed by atoms with E-state index in [2.05, 4.69) is 5.43 Å². The van der Waals surface area contributed by atoms with Crippen LogP contribution in [0.3, 0.4) is 0 Å². The normalized spacial score (nSPS) is 18.2. The lowest BCUT2D eigenvalue weighted by Gasteiger charge is -2.22. The number of rotatable bonds is 3. The molecule has 2 amide bonds. The molecule has 1 atom stereocenters. The van der Waals surface area contributed by atoms with Gasteiger partial charge in [0.25, 0.3) is 5.91 Å². The Kier molecular flexibility index (Phi) is 4.35. The summed E-state index contributed by atoms with van der Waals surface area (Å²) in [4.78, 5) is 24.9. The Morgan fingerprint density at radius 3 is 2.79 bits per heavy atom. The van der Waals surface area contributed by atoms with Gasteiger partial charge in [-0.3, -0.25) is 15.1 Å². The number of carbonyl (C=O) groups is 2. The molecule has 1 aliphatic rings. The van der Waals surface area contributed by atoms with Gasteiger partial charge in [0.1, 0.15) is 12.6 Å². The third-order valence-corrected chi connectivity index (χ3v) is 3.14. The number of ether oxygens (including phenoxy) is 1. The average molecular weight is 263 g/mol. The van der Waals surface area contributed by atoms with E-state index in [0.29, 0.717) is 13.0 Å². The highest BCUT2D eigenvalue weighted by molar-refractivity contribution is 5.85. The van der Waals surface area contributed by atoms with Crippen LogP contribution in [0.1, 0.15) is 18.4 Å². The van der Waals surface area contributed by atoms with Crippen LogP contribution in [-0.2, 0) is 16.1 Å². The molecule has 1 fully saturated rings. The Bertz CT molecular complexity index is 450. The summed E-state index contributed by atoms with van der Waals surface area (Å²) in [5, 5.41) is 0. The van der Waals surface area contributed by atoms with Crippen molar-refractivity contribution in [1.82, 2.24) is 10.3 Å². The van der Waals surface area contributed by atoms with Gasteiger partial charge in [0.05, 0.1) is 0 Å². The minimum Gasteiger partial charge on any atom is -0.445 e. The molecule has 0 spiro atoms. The molecule has 1 aromatic carbocycles. The number of nitrogens with two attached hydrogens (primary N) is 1. The van der Waals surface area contributed by atoms with Crippen molar-refractivity contribution in [3.63, 3.8) is 0 Å². The fraction of sp³-hybridized carbons (Fsp3) is 0.385. The summed E-state index contributed by atoms with van der Waals surface area (Å²) in [6.45, 7) is 0.721. The van der Waals surface area contributed by atoms with E-state index in [0.717, 1.165) is 12.0 Å². The molecule has 0 unspecified atom stereocenters. The third kappa shape index (κ3) is 3.23. The van der Waals surface area contributed by atoms with Crippen LogP contribution in [0, 0.1) is 0 Å². The van der Waals surface area contributed by atoms with Gasteiger partial charge in [0.15, 0.2) is 0 Å². The number of hydrogen-bond donors (Lipinski definition) is 2. The molecule has 6 nitrogen and oxygen atoms in total. The number of hydrazine groups is 1. The van der Waals surface area contributed by atoms with Crippen molar-refractivity contribution in [2.75, 3.05) is 6.54 Å². The first-order valence-corrected chi connectivity index (χ1v) is 6.20. The molecule has 0 radical (unpaired) electrons. The SMILES string of the molecule is NNC(=O)[C@@H]1CCCN1C(=O)OCc1ccccc1. The summed E-state index contributed by atoms with van der Waals surface area (Å²) in [6, 6.07) is 8.89. The molecule has 19 heavy (non-hydrogen) atoms. The zero-order valence-electron chi connectivity index (χ0n) is 10.5. The van der Waals surface area contributed by atoms with Crippen LogP contribution < -0.4 is 11.3 Å². The zero-order chi connectivity index (χ0) is 13.7. The molecule has 102 valence electrons. The summed E-state index contributed by atoms with van der Waals surface area (Å²) in [5.74, 6) is 4.75. The zero-order valence-corrected chi connectivity index (χ0v) is 10.5. The Hall–Kier alpha value is -2.08. The highest BCUT2D eigenvalue weighted by Crippen LogP contribution is 2.18. The van der Waals surface area contributed by atoms with Gasteiger partial charge in [-0.15, -0.1) is 0 Å². The van der Waals surface area contributed by atoms with Gasteiger partial charge in [-0.1, -0.05) is 30.3 Å². The van der Waals surface area contributed by atoms with E-state index in [-0.39, 0.29) is 12.5 Å². The van der Waals surface area contributed by atoms with E-state index in [4.69, 9.17) is 10.6 Å². The number of benzene rings is 1. The maximum absolute atomic E-state index is 11.9. The molecule has 1 aliphatic heterocycles. The maximum Gasteiger partial charge on any atom is 0.410 e. The molecule has 0 bridgehead atoms. The summed E-state index contributed by atoms with van der Waals surface area (Å²) in [6.07, 6.45) is 0.914. The number of hydrogen-bond acceptors (Lipinski definition) is 4. The maximum atomic E-state index is 11.9. The standard InChI is InChI=1S/C13H17N3O3/c14-15-12(17)11-7-4-8-16(11)13(18)19-9-10-5-2-1-3-6-10/h1-3,5-6,11H,4,7-9,14H2,(H,15,17)/t11-/m0/s1. The Labute approximate surface area is 111 Å². The van der Waals surface area contributed by atoms with Crippen molar-refractivity contribution < 1.29 is 14.3 Å². The first-order valence-electron chi connectivity index (χ1n) is 6.20. The number of amides is 2. The smallest absolute Gasteiger partial charge is 0.410 e. The van der Waals surface area contributed by atoms with E-state index in [9.17, 15) is 9.59 Å². The van der Waals surface area contributed by atoms with Gasteiger partial charge < -0.3 is 4.74 Å². The Morgan fingerprint density at radius 2 is 2.11 bits per heavy atom. The molecule has 6 heteroatoms. The highest BCUT2D eigenvalue weighted by atomic mass is 16.6. The fourth-order valence-electron chi connectivity index (χ4n) is 2.16. The second-order valence-corrected chi connectivity index (χ2v) is 4.40. The lowest BCUT2D eigenvalue weighted by Crippen LogP contribution is -2.48. The van der Waals surface area contributed by atoms with Crippen LogP contribution >= 0.6 is 0 Å². The van der Waals surface area contributed by atoms with Gasteiger partial charge >= 0.3 is 6.09 Å². The molecule has 1 saturated heterocycles. The fourth-order valence-corrected chi connectivity index (χ4v) is 2.16. The van der Waals surface area contributed by atoms with Gasteiger partial charge in [-0.2, -0.15) is 0 Å². The predicted molar refractivity (Wildman–Crippen MR) is 68.7 cm³/mol. The summed E-state index contributed by atoms with van der Waals surface area (Å²) >= 11 is 0. The minimum atomic E-state index is -0.520. The first-order chi connectivity index (χ1) is 9.22. The lowest BCUT2D eigenvalue weighted by atomic mass is 10.2. The van der Waals surface area contributed by atoms with E-state index in [1.807, 2.05) is 30.3 Å². The number of nitrogens with zero attached hydrogens (tertiary/aromatic N) is 1. The van der Waals surface area contributed by atoms with Crippen LogP contribution in [0.5, 0.6) is 0 Å². The van der Waals surface area contributed by atoms with Crippen molar-refractivity contribution in [1.29, 1.82) is 0 Å². The van der Waals surface area contributed by atoms with Crippen LogP contribution in [0.25, 0.3) is 0 Å². The second-order valence-electron chi connectivity index (χ2n) is 4.40. The monoisotopic (exact) mass is 263 g/mol. The largest absolute Gasteiger partial charge is 0.445 e. The van der Waals surface area contributed by atoms with Crippen LogP contribution in [0.2, 0.25) is 0 Å². The van der Waals surface area contributed by atoms with Gasteiger partial charge in [-0.25, -0.2) is 10.6 Å². The molecule has 0 saturated carbocycles. The minimum absolute atomic E-state index is 0.202. The van der Waals surface area contributed by atoms with Crippen molar-refractivity contribution >= 4 is 12.0 Å². The molecular weight excluding hydrogens is 246 g/mol. The average Bonchev–Trinajstić information content (AvgIpc) is 2.94. The molecule has 0 aromatic heterocycles. The van der Waals surface area contributed by atoms with Crippen LogP contribution in [0.4, 0.5) is 4.79 Å². The second kappa shape index (κ2) is 6.19. The first kappa shape index (κ1) is 13.4. The summed E-state index contributed by atoms with van der Waals surface area (Å²) < 4.78 is 5.20. The van der Waals surface area contributed by atoms with E-state index in [1.165, 1.54) is 4.90 Å². The number of likely N-dealkylation sites (tertiary alicyclic amines) is 1. The summed E-state index contributed by atoms with van der Waals surface area (Å²) in [5.41, 5.74) is 2.99. The number of carbonyl (C=O) groups excluding carboxylic acids is 2. The number of nitrogens with one attached hydrogen (secondary N) is 1. The third-order valence-electron chi connectivity index (χ3n) is 3.14. The lowest BCUT2D eigenvalue weighted by molar-refractivity contribution is -0.125. The van der Waals surface area contributed by atoms with E-state index >= 15 is 0 Å². The highest BCUT2D eigenvalue weighted by Gasteiger charge is 2.34. The molecule has 0 aliphatic carbocycles. The van der Waals surface area contributed by atoms with Crippen molar-refractivity contribution in [2.24, 2.45) is 5.84 Å². The molecule has 1 aromatic rings. The predicted octanol–water partition coefficient (Wildman–Crippen LogP) is 0.777. The van der Waals surface area contributed by atoms with Crippen molar-refractivity contribution in [3.05, 3.63) is 35.9 Å². The molecule has 2 rings (SSSR count). The van der Waals surface area contributed by atoms with Crippen LogP contribution in [-0.4, -0.2) is 29.5 Å². The van der Waals surface area contributed by atoms with Gasteiger partial charge in [-0.05, 0) is 18.4 Å². The van der Waals surface area contributed by atoms with Crippen molar-refractivity contribution in [3.8, 4) is 0 Å².